The van der Waals surface area contributed by atoms with Crippen molar-refractivity contribution in [3.8, 4) is 33.4 Å². The van der Waals surface area contributed by atoms with Crippen molar-refractivity contribution in [2.75, 3.05) is 5.32 Å². The van der Waals surface area contributed by atoms with E-state index in [1.807, 2.05) is 11.3 Å². The molecule has 0 atom stereocenters. The van der Waals surface area contributed by atoms with Crippen molar-refractivity contribution in [2.24, 2.45) is 0 Å². The molecule has 0 aliphatic carbocycles. The van der Waals surface area contributed by atoms with Gasteiger partial charge in [-0.05, 0) is 92.7 Å². The first kappa shape index (κ1) is 27.9. The first-order valence-corrected chi connectivity index (χ1v) is 17.4. The highest BCUT2D eigenvalue weighted by Crippen LogP contribution is 2.43. The SMILES string of the molecule is c1cc(-c2cccc3ccccc23)cc(-c2cccc3oc4cccc(Nc5ccc(-c6cccc7sc8ccccc8c67)cc5)c4c23)c1. The first-order chi connectivity index (χ1) is 24.3. The van der Waals surface area contributed by atoms with E-state index in [0.717, 1.165) is 44.4 Å². The lowest BCUT2D eigenvalue weighted by molar-refractivity contribution is 0.669. The number of anilines is 2. The van der Waals surface area contributed by atoms with Gasteiger partial charge in [0.2, 0.25) is 0 Å². The Morgan fingerprint density at radius 2 is 1.02 bits per heavy atom. The van der Waals surface area contributed by atoms with Gasteiger partial charge in [0, 0.05) is 31.2 Å². The molecule has 0 fully saturated rings. The highest BCUT2D eigenvalue weighted by Gasteiger charge is 2.17. The maximum absolute atomic E-state index is 6.47. The summed E-state index contributed by atoms with van der Waals surface area (Å²) >= 11 is 1.86. The van der Waals surface area contributed by atoms with Crippen molar-refractivity contribution >= 4 is 75.6 Å². The third kappa shape index (κ3) is 4.62. The Morgan fingerprint density at radius 1 is 0.408 bits per heavy atom. The van der Waals surface area contributed by atoms with Crippen LogP contribution >= 0.6 is 11.3 Å². The number of hydrogen-bond acceptors (Lipinski definition) is 3. The molecular weight excluding hydrogens is 615 g/mol. The van der Waals surface area contributed by atoms with Gasteiger partial charge in [-0.3, -0.25) is 0 Å². The molecule has 230 valence electrons. The molecule has 0 amide bonds. The van der Waals surface area contributed by atoms with E-state index in [4.69, 9.17) is 4.42 Å². The quantitative estimate of drug-likeness (QED) is 0.202. The summed E-state index contributed by atoms with van der Waals surface area (Å²) in [5.41, 5.74) is 11.0. The van der Waals surface area contributed by atoms with E-state index in [1.165, 1.54) is 53.2 Å². The second-order valence-electron chi connectivity index (χ2n) is 12.5. The number of fused-ring (bicyclic) bond motifs is 7. The van der Waals surface area contributed by atoms with Crippen molar-refractivity contribution < 1.29 is 4.42 Å². The average molecular weight is 644 g/mol. The minimum Gasteiger partial charge on any atom is -0.456 e. The van der Waals surface area contributed by atoms with Crippen molar-refractivity contribution in [3.05, 3.63) is 170 Å². The third-order valence-corrected chi connectivity index (χ3v) is 10.8. The Kier molecular flexibility index (Phi) is 6.39. The lowest BCUT2D eigenvalue weighted by Gasteiger charge is -2.12. The van der Waals surface area contributed by atoms with E-state index < -0.39 is 0 Å². The Hall–Kier alpha value is -6.16. The number of benzene rings is 8. The van der Waals surface area contributed by atoms with E-state index in [-0.39, 0.29) is 0 Å². The van der Waals surface area contributed by atoms with Crippen LogP contribution in [0.3, 0.4) is 0 Å². The van der Waals surface area contributed by atoms with Crippen molar-refractivity contribution in [1.82, 2.24) is 0 Å². The molecule has 1 N–H and O–H groups in total. The summed E-state index contributed by atoms with van der Waals surface area (Å²) in [5.74, 6) is 0. The lowest BCUT2D eigenvalue weighted by atomic mass is 9.93. The molecule has 0 radical (unpaired) electrons. The molecule has 0 spiro atoms. The number of nitrogens with one attached hydrogen (secondary N) is 1. The van der Waals surface area contributed by atoms with E-state index >= 15 is 0 Å². The lowest BCUT2D eigenvalue weighted by Crippen LogP contribution is -1.91. The number of thiophene rings is 1. The van der Waals surface area contributed by atoms with Crippen LogP contribution in [0.4, 0.5) is 11.4 Å². The Labute approximate surface area is 287 Å². The van der Waals surface area contributed by atoms with E-state index in [1.54, 1.807) is 0 Å². The van der Waals surface area contributed by atoms with Crippen LogP contribution < -0.4 is 5.32 Å². The van der Waals surface area contributed by atoms with E-state index in [0.29, 0.717) is 0 Å². The fraction of sp³-hybridized carbons (Fsp3) is 0. The molecule has 2 nitrogen and oxygen atoms in total. The zero-order valence-electron chi connectivity index (χ0n) is 26.5. The van der Waals surface area contributed by atoms with Gasteiger partial charge in [-0.15, -0.1) is 11.3 Å². The Morgan fingerprint density at radius 3 is 1.90 bits per heavy atom. The zero-order chi connectivity index (χ0) is 32.3. The third-order valence-electron chi connectivity index (χ3n) is 9.67. The molecule has 3 heteroatoms. The summed E-state index contributed by atoms with van der Waals surface area (Å²) in [7, 11) is 0. The van der Waals surface area contributed by atoms with Gasteiger partial charge < -0.3 is 9.73 Å². The minimum absolute atomic E-state index is 0.866. The normalized spacial score (nSPS) is 11.7. The molecule has 0 saturated heterocycles. The summed E-state index contributed by atoms with van der Waals surface area (Å²) < 4.78 is 9.11. The molecule has 49 heavy (non-hydrogen) atoms. The Balaban J connectivity index is 1.06. The number of rotatable bonds is 5. The summed E-state index contributed by atoms with van der Waals surface area (Å²) in [6, 6.07) is 60.8. The predicted molar refractivity (Wildman–Crippen MR) is 210 cm³/mol. The Bertz CT molecular complexity index is 2850. The summed E-state index contributed by atoms with van der Waals surface area (Å²) in [5, 5.41) is 11.1. The zero-order valence-corrected chi connectivity index (χ0v) is 27.3. The van der Waals surface area contributed by atoms with Crippen LogP contribution in [-0.2, 0) is 0 Å². The molecule has 10 rings (SSSR count). The van der Waals surface area contributed by atoms with Crippen LogP contribution in [0.15, 0.2) is 174 Å². The fourth-order valence-corrected chi connectivity index (χ4v) is 8.58. The van der Waals surface area contributed by atoms with Crippen molar-refractivity contribution in [1.29, 1.82) is 0 Å². The molecule has 2 aromatic heterocycles. The monoisotopic (exact) mass is 643 g/mol. The van der Waals surface area contributed by atoms with Crippen LogP contribution in [0, 0.1) is 0 Å². The summed E-state index contributed by atoms with van der Waals surface area (Å²) in [4.78, 5) is 0. The van der Waals surface area contributed by atoms with Gasteiger partial charge in [0.25, 0.3) is 0 Å². The van der Waals surface area contributed by atoms with Crippen LogP contribution in [0.25, 0.3) is 86.3 Å². The van der Waals surface area contributed by atoms with Gasteiger partial charge in [0.1, 0.15) is 11.2 Å². The van der Waals surface area contributed by atoms with Crippen molar-refractivity contribution in [3.63, 3.8) is 0 Å². The van der Waals surface area contributed by atoms with Gasteiger partial charge in [-0.2, -0.15) is 0 Å². The summed E-state index contributed by atoms with van der Waals surface area (Å²) in [6.45, 7) is 0. The first-order valence-electron chi connectivity index (χ1n) is 16.6. The number of hydrogen-bond donors (Lipinski definition) is 1. The van der Waals surface area contributed by atoms with Gasteiger partial charge in [-0.25, -0.2) is 0 Å². The van der Waals surface area contributed by atoms with Crippen LogP contribution in [0.5, 0.6) is 0 Å². The predicted octanol–water partition coefficient (Wildman–Crippen LogP) is 13.9. The molecule has 2 heterocycles. The molecule has 0 bridgehead atoms. The van der Waals surface area contributed by atoms with E-state index in [2.05, 4.69) is 175 Å². The van der Waals surface area contributed by atoms with Gasteiger partial charge in [0.05, 0.1) is 11.1 Å². The summed E-state index contributed by atoms with van der Waals surface area (Å²) in [6.07, 6.45) is 0. The van der Waals surface area contributed by atoms with Crippen LogP contribution in [0.2, 0.25) is 0 Å². The molecule has 10 aromatic rings. The smallest absolute Gasteiger partial charge is 0.137 e. The maximum atomic E-state index is 6.47. The van der Waals surface area contributed by atoms with Gasteiger partial charge >= 0.3 is 0 Å². The van der Waals surface area contributed by atoms with Crippen LogP contribution in [-0.4, -0.2) is 0 Å². The van der Waals surface area contributed by atoms with Crippen molar-refractivity contribution in [2.45, 2.75) is 0 Å². The molecule has 0 aliphatic rings. The topological polar surface area (TPSA) is 25.2 Å². The van der Waals surface area contributed by atoms with E-state index in [9.17, 15) is 0 Å². The minimum atomic E-state index is 0.866. The highest BCUT2D eigenvalue weighted by molar-refractivity contribution is 7.25. The van der Waals surface area contributed by atoms with Gasteiger partial charge in [0.15, 0.2) is 0 Å². The molecule has 0 aliphatic heterocycles. The largest absolute Gasteiger partial charge is 0.456 e. The standard InChI is InChI=1S/C46H29NOS/c1-2-14-34-29(10-1)11-6-16-35(34)31-12-5-13-32(28-31)37-17-7-20-40-45(37)46-39(19-9-21-41(46)48-40)47-33-26-24-30(25-27-33)36-18-8-23-43-44(36)38-15-3-4-22-42(38)49-43/h1-28,47H. The van der Waals surface area contributed by atoms with Crippen LogP contribution in [0.1, 0.15) is 0 Å². The highest BCUT2D eigenvalue weighted by atomic mass is 32.1. The molecule has 0 unspecified atom stereocenters. The number of furan rings is 1. The molecular formula is C46H29NOS. The molecule has 8 aromatic carbocycles. The van der Waals surface area contributed by atoms with Gasteiger partial charge in [-0.1, -0.05) is 121 Å². The second-order valence-corrected chi connectivity index (χ2v) is 13.6. The maximum Gasteiger partial charge on any atom is 0.137 e. The fourth-order valence-electron chi connectivity index (χ4n) is 7.45. The molecule has 0 saturated carbocycles. The second kappa shape index (κ2) is 11.2. The average Bonchev–Trinajstić information content (AvgIpc) is 3.74.